The Balaban J connectivity index is 1.31. The predicted molar refractivity (Wildman–Crippen MR) is 167 cm³/mol. The normalized spacial score (nSPS) is 16.1. The van der Waals surface area contributed by atoms with Gasteiger partial charge < -0.3 is 5.32 Å². The van der Waals surface area contributed by atoms with Crippen molar-refractivity contribution in [1.82, 2.24) is 0 Å². The van der Waals surface area contributed by atoms with Crippen LogP contribution in [-0.2, 0) is 5.41 Å². The van der Waals surface area contributed by atoms with E-state index in [2.05, 4.69) is 151 Å². The van der Waals surface area contributed by atoms with Crippen LogP contribution in [0.15, 0.2) is 146 Å². The van der Waals surface area contributed by atoms with E-state index in [1.54, 1.807) is 0 Å². The van der Waals surface area contributed by atoms with Crippen molar-refractivity contribution in [2.45, 2.75) is 5.41 Å². The van der Waals surface area contributed by atoms with E-state index >= 15 is 0 Å². The fourth-order valence-corrected chi connectivity index (χ4v) is 7.40. The summed E-state index contributed by atoms with van der Waals surface area (Å²) < 4.78 is 0. The minimum Gasteiger partial charge on any atom is -0.355 e. The van der Waals surface area contributed by atoms with E-state index in [0.717, 1.165) is 11.4 Å². The minimum absolute atomic E-state index is 0.333. The number of rotatable bonds is 2. The molecular weight excluding hydrogens is 482 g/mol. The Bertz CT molecular complexity index is 2150. The number of nitrogens with one attached hydrogen (secondary N) is 1. The van der Waals surface area contributed by atoms with E-state index < -0.39 is 0 Å². The van der Waals surface area contributed by atoms with E-state index in [4.69, 9.17) is 0 Å². The van der Waals surface area contributed by atoms with Crippen molar-refractivity contribution in [3.05, 3.63) is 168 Å². The van der Waals surface area contributed by atoms with E-state index in [1.165, 1.54) is 66.1 Å². The molecule has 1 heteroatoms. The van der Waals surface area contributed by atoms with Crippen LogP contribution in [0.4, 0.5) is 11.4 Å². The molecule has 2 aliphatic rings. The van der Waals surface area contributed by atoms with Crippen molar-refractivity contribution < 1.29 is 0 Å². The van der Waals surface area contributed by atoms with Gasteiger partial charge in [0.25, 0.3) is 0 Å². The van der Waals surface area contributed by atoms with Crippen LogP contribution in [0.2, 0.25) is 0 Å². The highest BCUT2D eigenvalue weighted by Gasteiger charge is 2.51. The summed E-state index contributed by atoms with van der Waals surface area (Å²) in [5, 5.41) is 8.79. The Morgan fingerprint density at radius 1 is 0.375 bits per heavy atom. The van der Waals surface area contributed by atoms with Crippen molar-refractivity contribution in [2.75, 3.05) is 5.32 Å². The van der Waals surface area contributed by atoms with Crippen LogP contribution in [0.5, 0.6) is 0 Å². The van der Waals surface area contributed by atoms with E-state index in [1.807, 2.05) is 0 Å². The second-order valence-corrected chi connectivity index (χ2v) is 11.0. The lowest BCUT2D eigenvalue weighted by Crippen LogP contribution is -2.25. The second kappa shape index (κ2) is 7.94. The molecule has 1 atom stereocenters. The fourth-order valence-electron chi connectivity index (χ4n) is 7.40. The third-order valence-electron chi connectivity index (χ3n) is 9.02. The van der Waals surface area contributed by atoms with Crippen LogP contribution >= 0.6 is 0 Å². The third kappa shape index (κ3) is 2.76. The largest absolute Gasteiger partial charge is 0.355 e. The minimum atomic E-state index is -0.333. The highest BCUT2D eigenvalue weighted by molar-refractivity contribution is 6.01. The monoisotopic (exact) mass is 507 g/mol. The van der Waals surface area contributed by atoms with Gasteiger partial charge in [-0.15, -0.1) is 0 Å². The van der Waals surface area contributed by atoms with Gasteiger partial charge in [0, 0.05) is 16.8 Å². The van der Waals surface area contributed by atoms with Gasteiger partial charge in [-0.25, -0.2) is 0 Å². The topological polar surface area (TPSA) is 12.0 Å². The van der Waals surface area contributed by atoms with Crippen LogP contribution in [0.25, 0.3) is 43.8 Å². The molecule has 9 rings (SSSR count). The molecule has 0 bridgehead atoms. The maximum atomic E-state index is 3.75. The second-order valence-electron chi connectivity index (χ2n) is 11.0. The molecule has 1 N–H and O–H groups in total. The molecule has 7 aromatic rings. The quantitative estimate of drug-likeness (QED) is 0.245. The van der Waals surface area contributed by atoms with E-state index in [9.17, 15) is 0 Å². The summed E-state index contributed by atoms with van der Waals surface area (Å²) in [6.45, 7) is 0. The summed E-state index contributed by atoms with van der Waals surface area (Å²) >= 11 is 0. The van der Waals surface area contributed by atoms with Crippen molar-refractivity contribution in [3.63, 3.8) is 0 Å². The molecule has 1 nitrogen and oxygen atoms in total. The Hall–Kier alpha value is -5.14. The first-order valence-electron chi connectivity index (χ1n) is 13.9. The first kappa shape index (κ1) is 21.8. The van der Waals surface area contributed by atoms with Gasteiger partial charge in [-0.1, -0.05) is 115 Å². The number of benzene rings is 7. The van der Waals surface area contributed by atoms with Crippen molar-refractivity contribution in [1.29, 1.82) is 0 Å². The van der Waals surface area contributed by atoms with Crippen molar-refractivity contribution >= 4 is 32.9 Å². The highest BCUT2D eigenvalue weighted by atomic mass is 14.9. The summed E-state index contributed by atoms with van der Waals surface area (Å²) in [6, 6.07) is 53.6. The zero-order valence-electron chi connectivity index (χ0n) is 21.9. The van der Waals surface area contributed by atoms with Crippen LogP contribution in [-0.4, -0.2) is 0 Å². The molecule has 0 amide bonds. The molecule has 0 radical (unpaired) electrons. The fraction of sp³-hybridized carbons (Fsp3) is 0.0256. The van der Waals surface area contributed by atoms with Gasteiger partial charge in [0.2, 0.25) is 0 Å². The smallest absolute Gasteiger partial charge is 0.0725 e. The Labute approximate surface area is 233 Å². The molecule has 0 fully saturated rings. The molecule has 0 saturated carbocycles. The molecule has 186 valence electrons. The van der Waals surface area contributed by atoms with Gasteiger partial charge in [0.1, 0.15) is 0 Å². The standard InChI is InChI=1S/C39H25N/c1-2-12-27-23-37-32(22-26(27)11-1)30-15-5-7-17-34(30)39(37)35-18-8-6-16-31(35)33-24-28(20-21-36(33)39)40-38-19-9-13-25-10-3-4-14-29(25)38/h1-24,40H. The molecule has 0 heterocycles. The molecule has 7 aromatic carbocycles. The van der Waals surface area contributed by atoms with Crippen LogP contribution in [0.3, 0.4) is 0 Å². The maximum absolute atomic E-state index is 3.75. The molecule has 40 heavy (non-hydrogen) atoms. The lowest BCUT2D eigenvalue weighted by molar-refractivity contribution is 0.795. The van der Waals surface area contributed by atoms with Gasteiger partial charge in [-0.2, -0.15) is 0 Å². The van der Waals surface area contributed by atoms with Crippen molar-refractivity contribution in [3.8, 4) is 22.3 Å². The Kier molecular flexibility index (Phi) is 4.32. The van der Waals surface area contributed by atoms with Crippen LogP contribution < -0.4 is 5.32 Å². The lowest BCUT2D eigenvalue weighted by Gasteiger charge is -2.30. The molecule has 1 unspecified atom stereocenters. The molecule has 0 aliphatic heterocycles. The predicted octanol–water partition coefficient (Wildman–Crippen LogP) is 10.1. The summed E-state index contributed by atoms with van der Waals surface area (Å²) in [5.41, 5.74) is 12.7. The lowest BCUT2D eigenvalue weighted by atomic mass is 9.70. The zero-order valence-corrected chi connectivity index (χ0v) is 21.9. The van der Waals surface area contributed by atoms with Gasteiger partial charge >= 0.3 is 0 Å². The maximum Gasteiger partial charge on any atom is 0.0725 e. The zero-order chi connectivity index (χ0) is 26.3. The number of anilines is 2. The van der Waals surface area contributed by atoms with Gasteiger partial charge in [0.15, 0.2) is 0 Å². The van der Waals surface area contributed by atoms with E-state index in [-0.39, 0.29) is 5.41 Å². The Morgan fingerprint density at radius 3 is 1.73 bits per heavy atom. The van der Waals surface area contributed by atoms with Crippen molar-refractivity contribution in [2.24, 2.45) is 0 Å². The van der Waals surface area contributed by atoms with Crippen LogP contribution in [0.1, 0.15) is 22.3 Å². The molecule has 0 saturated heterocycles. The third-order valence-corrected chi connectivity index (χ3v) is 9.02. The summed E-state index contributed by atoms with van der Waals surface area (Å²) in [5.74, 6) is 0. The highest BCUT2D eigenvalue weighted by Crippen LogP contribution is 2.63. The summed E-state index contributed by atoms with van der Waals surface area (Å²) in [4.78, 5) is 0. The van der Waals surface area contributed by atoms with Crippen LogP contribution in [0, 0.1) is 0 Å². The van der Waals surface area contributed by atoms with Gasteiger partial charge in [0.05, 0.1) is 5.41 Å². The molecule has 0 aromatic heterocycles. The number of hydrogen-bond donors (Lipinski definition) is 1. The first-order chi connectivity index (χ1) is 19.8. The first-order valence-corrected chi connectivity index (χ1v) is 13.9. The number of fused-ring (bicyclic) bond motifs is 12. The summed E-state index contributed by atoms with van der Waals surface area (Å²) in [7, 11) is 0. The average molecular weight is 508 g/mol. The molecular formula is C39H25N. The van der Waals surface area contributed by atoms with Gasteiger partial charge in [-0.3, -0.25) is 0 Å². The average Bonchev–Trinajstić information content (AvgIpc) is 3.47. The SMILES string of the molecule is c1ccc2c(c1)-c1cc(Nc3cccc4ccccc34)ccc1C21c2ccccc2-c2cc3ccccc3cc21. The Morgan fingerprint density at radius 2 is 0.950 bits per heavy atom. The van der Waals surface area contributed by atoms with E-state index in [0.29, 0.717) is 0 Å². The van der Waals surface area contributed by atoms with Gasteiger partial charge in [-0.05, 0) is 91.0 Å². The molecule has 1 spiro atoms. The summed E-state index contributed by atoms with van der Waals surface area (Å²) in [6.07, 6.45) is 0. The number of hydrogen-bond acceptors (Lipinski definition) is 1. The molecule has 2 aliphatic carbocycles.